The van der Waals surface area contributed by atoms with Gasteiger partial charge in [-0.2, -0.15) is 0 Å². The SMILES string of the molecule is COP(=O)(OC)C(O)(CCNC(=O)C(NC(=O)CN1CCN(CC(=O)OC(C)(C)C)CCN(CC(=O)OC(C)(C)C)CCN(CC(=O)OC(C)(C)C)CC1)C(C)O)P(=O)(OC)OC. The maximum absolute atomic E-state index is 13.7. The Bertz CT molecular complexity index is 1510. The largest absolute Gasteiger partial charge is 0.459 e. The number of nitrogens with one attached hydrogen (secondary N) is 2. The lowest BCUT2D eigenvalue weighted by molar-refractivity contribution is -0.158. The lowest BCUT2D eigenvalue weighted by Crippen LogP contribution is -2.55. The minimum absolute atomic E-state index is 0.0365. The molecule has 63 heavy (non-hydrogen) atoms. The van der Waals surface area contributed by atoms with Crippen LogP contribution in [0.25, 0.3) is 0 Å². The van der Waals surface area contributed by atoms with E-state index in [9.17, 15) is 43.3 Å². The zero-order valence-corrected chi connectivity index (χ0v) is 41.6. The van der Waals surface area contributed by atoms with Crippen molar-refractivity contribution in [1.82, 2.24) is 30.2 Å². The molecular formula is C39H76N6O16P2. The van der Waals surface area contributed by atoms with Gasteiger partial charge >= 0.3 is 33.1 Å². The summed E-state index contributed by atoms with van der Waals surface area (Å²) in [5, 5.41) is 24.1. The molecule has 1 rings (SSSR count). The van der Waals surface area contributed by atoms with Crippen molar-refractivity contribution < 1.29 is 75.6 Å². The Balaban J connectivity index is 3.40. The summed E-state index contributed by atoms with van der Waals surface area (Å²) < 4.78 is 63.1. The second-order valence-electron chi connectivity index (χ2n) is 18.2. The fraction of sp³-hybridized carbons (Fsp3) is 0.872. The van der Waals surface area contributed by atoms with E-state index in [0.717, 1.165) is 28.4 Å². The van der Waals surface area contributed by atoms with Gasteiger partial charge in [0.05, 0.1) is 32.3 Å². The molecule has 1 saturated heterocycles. The van der Waals surface area contributed by atoms with Crippen molar-refractivity contribution in [3.63, 3.8) is 0 Å². The summed E-state index contributed by atoms with van der Waals surface area (Å²) in [4.78, 5) is 73.5. The summed E-state index contributed by atoms with van der Waals surface area (Å²) in [5.41, 5.74) is -2.19. The predicted octanol–water partition coefficient (Wildman–Crippen LogP) is 1.22. The first-order valence-electron chi connectivity index (χ1n) is 20.8. The number of carbonyl (C=O) groups excluding carboxylic acids is 5. The summed E-state index contributed by atoms with van der Waals surface area (Å²) in [7, 11) is -5.35. The Morgan fingerprint density at radius 3 is 1.11 bits per heavy atom. The second-order valence-corrected chi connectivity index (χ2v) is 23.5. The molecule has 0 radical (unpaired) electrons. The van der Waals surface area contributed by atoms with E-state index >= 15 is 0 Å². The van der Waals surface area contributed by atoms with Crippen molar-refractivity contribution in [1.29, 1.82) is 0 Å². The molecule has 2 atom stereocenters. The first-order chi connectivity index (χ1) is 28.8. The number of hydrogen-bond donors (Lipinski definition) is 4. The number of amides is 2. The molecule has 368 valence electrons. The molecule has 22 nitrogen and oxygen atoms in total. The fourth-order valence-corrected chi connectivity index (χ4v) is 10.7. The number of esters is 3. The molecule has 1 fully saturated rings. The lowest BCUT2D eigenvalue weighted by Gasteiger charge is -2.36. The van der Waals surface area contributed by atoms with Crippen LogP contribution in [0.2, 0.25) is 0 Å². The summed E-state index contributed by atoms with van der Waals surface area (Å²) in [6.07, 6.45) is -2.15. The smallest absolute Gasteiger partial charge is 0.374 e. The van der Waals surface area contributed by atoms with Gasteiger partial charge in [0.15, 0.2) is 0 Å². The van der Waals surface area contributed by atoms with Crippen LogP contribution in [0.1, 0.15) is 75.7 Å². The zero-order chi connectivity index (χ0) is 48.6. The molecule has 1 heterocycles. The molecule has 0 aromatic rings. The van der Waals surface area contributed by atoms with Crippen molar-refractivity contribution in [2.24, 2.45) is 0 Å². The minimum atomic E-state index is -4.59. The maximum atomic E-state index is 13.7. The van der Waals surface area contributed by atoms with E-state index in [1.807, 2.05) is 14.7 Å². The summed E-state index contributed by atoms with van der Waals surface area (Å²) >= 11 is 0. The lowest BCUT2D eigenvalue weighted by atomic mass is 10.1. The Labute approximate surface area is 373 Å². The first kappa shape index (κ1) is 58.4. The van der Waals surface area contributed by atoms with Gasteiger partial charge in [0, 0.05) is 93.8 Å². The van der Waals surface area contributed by atoms with Gasteiger partial charge < -0.3 is 53.2 Å². The van der Waals surface area contributed by atoms with Crippen molar-refractivity contribution in [2.75, 3.05) is 114 Å². The van der Waals surface area contributed by atoms with Gasteiger partial charge in [-0.3, -0.25) is 52.7 Å². The number of rotatable bonds is 20. The quantitative estimate of drug-likeness (QED) is 0.0760. The van der Waals surface area contributed by atoms with Crippen LogP contribution in [0.4, 0.5) is 0 Å². The van der Waals surface area contributed by atoms with E-state index in [2.05, 4.69) is 10.6 Å². The van der Waals surface area contributed by atoms with Crippen LogP contribution in [-0.2, 0) is 65.4 Å². The average Bonchev–Trinajstić information content (AvgIpc) is 3.14. The van der Waals surface area contributed by atoms with E-state index in [-0.39, 0.29) is 52.4 Å². The van der Waals surface area contributed by atoms with Crippen LogP contribution < -0.4 is 10.6 Å². The van der Waals surface area contributed by atoms with Crippen LogP contribution in [0.15, 0.2) is 0 Å². The van der Waals surface area contributed by atoms with E-state index in [1.165, 1.54) is 6.92 Å². The van der Waals surface area contributed by atoms with Gasteiger partial charge in [-0.15, -0.1) is 0 Å². The Hall–Kier alpha value is -2.59. The third kappa shape index (κ3) is 20.6. The van der Waals surface area contributed by atoms with Crippen LogP contribution >= 0.6 is 15.2 Å². The maximum Gasteiger partial charge on any atom is 0.374 e. The minimum Gasteiger partial charge on any atom is -0.459 e. The Kier molecular flexibility index (Phi) is 23.5. The molecule has 0 spiro atoms. The molecule has 0 aromatic heterocycles. The molecule has 0 aromatic carbocycles. The van der Waals surface area contributed by atoms with Crippen LogP contribution in [-0.4, -0.2) is 207 Å². The molecule has 24 heteroatoms. The predicted molar refractivity (Wildman–Crippen MR) is 233 cm³/mol. The number of carbonyl (C=O) groups is 5. The molecule has 1 aliphatic heterocycles. The van der Waals surface area contributed by atoms with Crippen LogP contribution in [0.5, 0.6) is 0 Å². The molecule has 0 saturated carbocycles. The number of nitrogens with zero attached hydrogens (tertiary/aromatic N) is 4. The third-order valence-corrected chi connectivity index (χ3v) is 14.9. The van der Waals surface area contributed by atoms with E-state index < -0.39 is 91.9 Å². The Morgan fingerprint density at radius 2 is 0.857 bits per heavy atom. The molecule has 0 bridgehead atoms. The second kappa shape index (κ2) is 25.4. The summed E-state index contributed by atoms with van der Waals surface area (Å²) in [5.74, 6) is -2.92. The van der Waals surface area contributed by atoms with Crippen molar-refractivity contribution in [3.05, 3.63) is 0 Å². The van der Waals surface area contributed by atoms with Gasteiger partial charge in [0.25, 0.3) is 5.08 Å². The van der Waals surface area contributed by atoms with Gasteiger partial charge in [0.2, 0.25) is 11.8 Å². The van der Waals surface area contributed by atoms with Crippen molar-refractivity contribution in [2.45, 2.75) is 110 Å². The van der Waals surface area contributed by atoms with Gasteiger partial charge in [-0.05, 0) is 69.2 Å². The normalized spacial score (nSPS) is 17.7. The molecular weight excluding hydrogens is 870 g/mol. The standard InChI is InChI=1S/C39H76N6O16P2/c1-29(46)34(35(51)40-16-15-39(52,62(53,55-11)56-12)63(54,57-13)58-14)41-30(47)25-42-17-19-43(26-31(48)59-36(2,3)4)21-23-45(28-33(50)61-38(8,9)10)24-22-44(20-18-42)27-32(49)60-37(5,6)7/h29,34,46,52H,15-28H2,1-14H3,(H,40,51)(H,41,47). The average molecular weight is 947 g/mol. The van der Waals surface area contributed by atoms with Gasteiger partial charge in [-0.1, -0.05) is 0 Å². The highest BCUT2D eigenvalue weighted by Gasteiger charge is 2.63. The van der Waals surface area contributed by atoms with Crippen LogP contribution in [0, 0.1) is 0 Å². The molecule has 2 unspecified atom stereocenters. The highest BCUT2D eigenvalue weighted by Crippen LogP contribution is 2.76. The van der Waals surface area contributed by atoms with E-state index in [0.29, 0.717) is 26.2 Å². The van der Waals surface area contributed by atoms with Gasteiger partial charge in [-0.25, -0.2) is 0 Å². The summed E-state index contributed by atoms with van der Waals surface area (Å²) in [6, 6.07) is -1.52. The van der Waals surface area contributed by atoms with Gasteiger partial charge in [0.1, 0.15) is 22.8 Å². The number of aliphatic hydroxyl groups excluding tert-OH is 1. The molecule has 1 aliphatic rings. The number of aliphatic hydroxyl groups is 2. The topological polar surface area (TPSA) is 262 Å². The molecule has 0 aliphatic carbocycles. The van der Waals surface area contributed by atoms with E-state index in [1.54, 1.807) is 67.2 Å². The monoisotopic (exact) mass is 946 g/mol. The third-order valence-electron chi connectivity index (χ3n) is 9.29. The number of hydrogen-bond acceptors (Lipinski definition) is 20. The first-order valence-corrected chi connectivity index (χ1v) is 23.9. The van der Waals surface area contributed by atoms with E-state index in [4.69, 9.17) is 32.3 Å². The van der Waals surface area contributed by atoms with Crippen LogP contribution in [0.3, 0.4) is 0 Å². The zero-order valence-electron chi connectivity index (χ0n) is 39.8. The molecule has 4 N–H and O–H groups in total. The Morgan fingerprint density at radius 1 is 0.571 bits per heavy atom. The highest BCUT2D eigenvalue weighted by molar-refractivity contribution is 7.73. The fourth-order valence-electron chi connectivity index (χ4n) is 6.33. The van der Waals surface area contributed by atoms with Crippen molar-refractivity contribution >= 4 is 44.9 Å². The van der Waals surface area contributed by atoms with Crippen molar-refractivity contribution in [3.8, 4) is 0 Å². The highest BCUT2D eigenvalue weighted by atomic mass is 31.2. The number of ether oxygens (including phenoxy) is 3. The summed E-state index contributed by atoms with van der Waals surface area (Å²) in [6.45, 7) is 18.5. The molecule has 2 amide bonds.